The van der Waals surface area contributed by atoms with Crippen molar-refractivity contribution in [3.05, 3.63) is 53.6 Å². The zero-order valence-electron chi connectivity index (χ0n) is 14.5. The summed E-state index contributed by atoms with van der Waals surface area (Å²) >= 11 is 0. The van der Waals surface area contributed by atoms with Crippen LogP contribution >= 0.6 is 0 Å². The number of hydrogen-bond donors (Lipinski definition) is 0. The van der Waals surface area contributed by atoms with E-state index < -0.39 is 15.6 Å². The molecule has 0 unspecified atom stereocenters. The molecular formula is C19H21F2NO3S. The summed E-state index contributed by atoms with van der Waals surface area (Å²) in [6, 6.07) is 11.7. The molecule has 0 aromatic heterocycles. The molecule has 0 amide bonds. The number of rotatable bonds is 6. The highest BCUT2D eigenvalue weighted by Gasteiger charge is 2.26. The van der Waals surface area contributed by atoms with Gasteiger partial charge in [0, 0.05) is 18.8 Å². The molecule has 0 spiro atoms. The van der Waals surface area contributed by atoms with Crippen LogP contribution in [0.25, 0.3) is 0 Å². The third kappa shape index (κ3) is 3.82. The zero-order chi connectivity index (χ0) is 18.7. The van der Waals surface area contributed by atoms with E-state index in [0.717, 1.165) is 30.8 Å². The lowest BCUT2D eigenvalue weighted by atomic mass is 9.99. The van der Waals surface area contributed by atoms with Gasteiger partial charge in [-0.15, -0.1) is 0 Å². The first-order valence-corrected chi connectivity index (χ1v) is 10.1. The molecule has 0 aliphatic carbocycles. The maximum absolute atomic E-state index is 12.6. The van der Waals surface area contributed by atoms with Gasteiger partial charge in [0.1, 0.15) is 5.75 Å². The van der Waals surface area contributed by atoms with Gasteiger partial charge in [-0.1, -0.05) is 13.0 Å². The molecule has 0 fully saturated rings. The standard InChI is InChI=1S/C19H21F2NO3S/c1-2-11-25-17-6-3-15-13-22(10-9-14(15)12-17)16-4-7-18(8-5-16)26(23,24)19(20)21/h3-8,12,19H,2,9-11,13H2,1H3. The summed E-state index contributed by atoms with van der Waals surface area (Å²) < 4.78 is 53.9. The molecule has 7 heteroatoms. The monoisotopic (exact) mass is 381 g/mol. The van der Waals surface area contributed by atoms with Gasteiger partial charge in [-0.05, 0) is 60.4 Å². The molecule has 140 valence electrons. The average Bonchev–Trinajstić information content (AvgIpc) is 2.65. The quantitative estimate of drug-likeness (QED) is 0.758. The second-order valence-corrected chi connectivity index (χ2v) is 8.17. The van der Waals surface area contributed by atoms with Crippen molar-refractivity contribution in [3.63, 3.8) is 0 Å². The van der Waals surface area contributed by atoms with Crippen LogP contribution in [0.3, 0.4) is 0 Å². The largest absolute Gasteiger partial charge is 0.494 e. The van der Waals surface area contributed by atoms with Crippen molar-refractivity contribution >= 4 is 15.5 Å². The fourth-order valence-electron chi connectivity index (χ4n) is 3.01. The molecule has 1 heterocycles. The molecule has 0 atom stereocenters. The first-order chi connectivity index (χ1) is 12.4. The Balaban J connectivity index is 1.75. The predicted octanol–water partition coefficient (Wildman–Crippen LogP) is 4.03. The Morgan fingerprint density at radius 2 is 1.85 bits per heavy atom. The second-order valence-electron chi connectivity index (χ2n) is 6.25. The first-order valence-electron chi connectivity index (χ1n) is 8.53. The molecule has 0 bridgehead atoms. The number of nitrogens with zero attached hydrogens (tertiary/aromatic N) is 1. The van der Waals surface area contributed by atoms with E-state index in [0.29, 0.717) is 13.2 Å². The Kier molecular flexibility index (Phi) is 5.46. The molecule has 0 saturated carbocycles. The molecule has 0 N–H and O–H groups in total. The highest BCUT2D eigenvalue weighted by atomic mass is 32.2. The van der Waals surface area contributed by atoms with Gasteiger partial charge in [-0.25, -0.2) is 8.42 Å². The van der Waals surface area contributed by atoms with Crippen LogP contribution in [0.4, 0.5) is 14.5 Å². The van der Waals surface area contributed by atoms with Crippen molar-refractivity contribution in [2.45, 2.75) is 37.0 Å². The van der Waals surface area contributed by atoms with Crippen molar-refractivity contribution in [3.8, 4) is 5.75 Å². The van der Waals surface area contributed by atoms with Crippen molar-refractivity contribution in [2.24, 2.45) is 0 Å². The lowest BCUT2D eigenvalue weighted by Gasteiger charge is -2.31. The Morgan fingerprint density at radius 1 is 1.12 bits per heavy atom. The minimum atomic E-state index is -4.55. The zero-order valence-corrected chi connectivity index (χ0v) is 15.3. The van der Waals surface area contributed by atoms with Crippen molar-refractivity contribution < 1.29 is 21.9 Å². The van der Waals surface area contributed by atoms with E-state index in [9.17, 15) is 17.2 Å². The lowest BCUT2D eigenvalue weighted by Crippen LogP contribution is -2.30. The molecule has 0 radical (unpaired) electrons. The Labute approximate surface area is 152 Å². The maximum Gasteiger partial charge on any atom is 0.341 e. The fourth-order valence-corrected chi connectivity index (χ4v) is 3.73. The number of sulfone groups is 1. The molecule has 3 rings (SSSR count). The molecule has 2 aromatic carbocycles. The Hall–Kier alpha value is -2.15. The van der Waals surface area contributed by atoms with Crippen LogP contribution in [-0.2, 0) is 22.8 Å². The van der Waals surface area contributed by atoms with E-state index in [-0.39, 0.29) is 4.90 Å². The van der Waals surface area contributed by atoms with E-state index >= 15 is 0 Å². The highest BCUT2D eigenvalue weighted by Crippen LogP contribution is 2.28. The summed E-state index contributed by atoms with van der Waals surface area (Å²) in [5, 5.41) is 0. The molecule has 1 aliphatic heterocycles. The molecule has 1 aliphatic rings. The summed E-state index contributed by atoms with van der Waals surface area (Å²) in [5.74, 6) is -2.53. The number of anilines is 1. The van der Waals surface area contributed by atoms with Gasteiger partial charge in [0.2, 0.25) is 9.84 Å². The van der Waals surface area contributed by atoms with Gasteiger partial charge < -0.3 is 9.64 Å². The number of alkyl halides is 2. The number of fused-ring (bicyclic) bond motifs is 1. The van der Waals surface area contributed by atoms with Crippen LogP contribution < -0.4 is 9.64 Å². The van der Waals surface area contributed by atoms with Gasteiger partial charge in [0.15, 0.2) is 0 Å². The Bertz CT molecular complexity index is 867. The normalized spacial score (nSPS) is 14.4. The minimum absolute atomic E-state index is 0.355. The number of hydrogen-bond acceptors (Lipinski definition) is 4. The van der Waals surface area contributed by atoms with Gasteiger partial charge in [0.05, 0.1) is 11.5 Å². The van der Waals surface area contributed by atoms with Gasteiger partial charge in [-0.2, -0.15) is 8.78 Å². The van der Waals surface area contributed by atoms with Gasteiger partial charge in [0.25, 0.3) is 0 Å². The van der Waals surface area contributed by atoms with Crippen molar-refractivity contribution in [1.29, 1.82) is 0 Å². The maximum atomic E-state index is 12.6. The summed E-state index contributed by atoms with van der Waals surface area (Å²) in [7, 11) is -4.55. The highest BCUT2D eigenvalue weighted by molar-refractivity contribution is 7.91. The minimum Gasteiger partial charge on any atom is -0.494 e. The van der Waals surface area contributed by atoms with E-state index in [1.807, 2.05) is 12.1 Å². The third-order valence-corrected chi connectivity index (χ3v) is 5.83. The lowest BCUT2D eigenvalue weighted by molar-refractivity contribution is 0.234. The molecule has 26 heavy (non-hydrogen) atoms. The van der Waals surface area contributed by atoms with Crippen LogP contribution in [0.2, 0.25) is 0 Å². The van der Waals surface area contributed by atoms with E-state index in [1.165, 1.54) is 23.3 Å². The summed E-state index contributed by atoms with van der Waals surface area (Å²) in [6.45, 7) is 4.21. The van der Waals surface area contributed by atoms with Crippen molar-refractivity contribution in [1.82, 2.24) is 0 Å². The van der Waals surface area contributed by atoms with Gasteiger partial charge >= 0.3 is 5.76 Å². The molecular weight excluding hydrogens is 360 g/mol. The second kappa shape index (κ2) is 7.61. The molecule has 4 nitrogen and oxygen atoms in total. The van der Waals surface area contributed by atoms with E-state index in [1.54, 1.807) is 12.1 Å². The van der Waals surface area contributed by atoms with Crippen LogP contribution in [0.1, 0.15) is 24.5 Å². The van der Waals surface area contributed by atoms with Crippen molar-refractivity contribution in [2.75, 3.05) is 18.1 Å². The smallest absolute Gasteiger partial charge is 0.341 e. The van der Waals surface area contributed by atoms with E-state index in [2.05, 4.69) is 17.9 Å². The van der Waals surface area contributed by atoms with Crippen LogP contribution in [0.15, 0.2) is 47.4 Å². The predicted molar refractivity (Wildman–Crippen MR) is 96.6 cm³/mol. The SMILES string of the molecule is CCCOc1ccc2c(c1)CCN(c1ccc(S(=O)(=O)C(F)F)cc1)C2. The molecule has 0 saturated heterocycles. The average molecular weight is 381 g/mol. The first kappa shape index (κ1) is 18.6. The summed E-state index contributed by atoms with van der Waals surface area (Å²) in [4.78, 5) is 1.75. The third-order valence-electron chi connectivity index (χ3n) is 4.43. The van der Waals surface area contributed by atoms with E-state index in [4.69, 9.17) is 4.74 Å². The fraction of sp³-hybridized carbons (Fsp3) is 0.368. The molecule has 2 aromatic rings. The summed E-state index contributed by atoms with van der Waals surface area (Å²) in [6.07, 6.45) is 1.80. The van der Waals surface area contributed by atoms with Crippen LogP contribution in [-0.4, -0.2) is 27.3 Å². The Morgan fingerprint density at radius 3 is 2.50 bits per heavy atom. The number of halogens is 2. The number of benzene rings is 2. The van der Waals surface area contributed by atoms with Crippen LogP contribution in [0.5, 0.6) is 5.75 Å². The van der Waals surface area contributed by atoms with Gasteiger partial charge in [-0.3, -0.25) is 0 Å². The topological polar surface area (TPSA) is 46.6 Å². The number of ether oxygens (including phenoxy) is 1. The van der Waals surface area contributed by atoms with Crippen LogP contribution in [0, 0.1) is 0 Å². The summed E-state index contributed by atoms with van der Waals surface area (Å²) in [5.41, 5.74) is 3.24.